The van der Waals surface area contributed by atoms with Gasteiger partial charge in [0.1, 0.15) is 0 Å². The lowest BCUT2D eigenvalue weighted by atomic mass is 10.3. The van der Waals surface area contributed by atoms with Crippen LogP contribution in [0.4, 0.5) is 5.13 Å². The zero-order chi connectivity index (χ0) is 11.3. The summed E-state index contributed by atoms with van der Waals surface area (Å²) in [5, 5.41) is 4.37. The molecular weight excluding hydrogens is 224 g/mol. The molecule has 0 aliphatic heterocycles. The van der Waals surface area contributed by atoms with Crippen molar-refractivity contribution in [2.45, 2.75) is 44.6 Å². The number of hydrogen-bond acceptors (Lipinski definition) is 4. The zero-order valence-electron chi connectivity index (χ0n) is 9.96. The van der Waals surface area contributed by atoms with Gasteiger partial charge in [-0.2, -0.15) is 11.8 Å². The molecule has 0 spiro atoms. The third kappa shape index (κ3) is 5.42. The van der Waals surface area contributed by atoms with Crippen molar-refractivity contribution in [2.75, 3.05) is 11.9 Å². The number of nitrogens with one attached hydrogen (secondary N) is 1. The molecule has 1 aromatic heterocycles. The Hall–Kier alpha value is -0.220. The Morgan fingerprint density at radius 1 is 1.47 bits per heavy atom. The molecule has 0 bridgehead atoms. The minimum atomic E-state index is 0.334. The van der Waals surface area contributed by atoms with E-state index in [-0.39, 0.29) is 0 Å². The highest BCUT2D eigenvalue weighted by Crippen LogP contribution is 2.30. The maximum Gasteiger partial charge on any atom is 0.182 e. The van der Waals surface area contributed by atoms with Gasteiger partial charge in [-0.15, -0.1) is 11.3 Å². The van der Waals surface area contributed by atoms with Crippen LogP contribution in [0.5, 0.6) is 0 Å². The van der Waals surface area contributed by atoms with Crippen molar-refractivity contribution in [2.24, 2.45) is 0 Å². The van der Waals surface area contributed by atoms with E-state index in [4.69, 9.17) is 0 Å². The van der Waals surface area contributed by atoms with Crippen LogP contribution in [-0.2, 0) is 5.75 Å². The van der Waals surface area contributed by atoms with Gasteiger partial charge < -0.3 is 5.32 Å². The molecule has 0 aliphatic rings. The number of hydrogen-bond donors (Lipinski definition) is 1. The second-order valence-electron chi connectivity index (χ2n) is 4.46. The maximum absolute atomic E-state index is 4.35. The van der Waals surface area contributed by atoms with Crippen molar-refractivity contribution < 1.29 is 0 Å². The Balaban J connectivity index is 2.39. The first kappa shape index (κ1) is 12.8. The first-order chi connectivity index (χ1) is 7.01. The van der Waals surface area contributed by atoms with E-state index >= 15 is 0 Å². The minimum absolute atomic E-state index is 0.334. The van der Waals surface area contributed by atoms with Crippen LogP contribution in [0.15, 0.2) is 6.20 Å². The average Bonchev–Trinajstić information content (AvgIpc) is 2.58. The predicted molar refractivity (Wildman–Crippen MR) is 71.9 cm³/mol. The number of thioether (sulfide) groups is 1. The topological polar surface area (TPSA) is 24.9 Å². The fourth-order valence-corrected chi connectivity index (χ4v) is 2.67. The van der Waals surface area contributed by atoms with Gasteiger partial charge in [-0.3, -0.25) is 0 Å². The lowest BCUT2D eigenvalue weighted by Gasteiger charge is -2.16. The van der Waals surface area contributed by atoms with Crippen LogP contribution in [0.25, 0.3) is 0 Å². The molecule has 0 saturated carbocycles. The molecule has 1 rings (SSSR count). The van der Waals surface area contributed by atoms with E-state index in [2.05, 4.69) is 38.0 Å². The molecule has 15 heavy (non-hydrogen) atoms. The van der Waals surface area contributed by atoms with Gasteiger partial charge in [-0.05, 0) is 6.42 Å². The monoisotopic (exact) mass is 244 g/mol. The molecule has 1 N–H and O–H groups in total. The Bertz CT molecular complexity index is 289. The first-order valence-electron chi connectivity index (χ1n) is 5.34. The normalized spacial score (nSPS) is 11.7. The standard InChI is InChI=1S/C11H20N2S2/c1-5-6-12-10-13-7-9(15-10)8-14-11(2,3)4/h7H,5-6,8H2,1-4H3,(H,12,13). The van der Waals surface area contributed by atoms with Crippen molar-refractivity contribution in [1.82, 2.24) is 4.98 Å². The summed E-state index contributed by atoms with van der Waals surface area (Å²) in [6, 6.07) is 0. The lowest BCUT2D eigenvalue weighted by molar-refractivity contribution is 0.802. The molecule has 0 amide bonds. The van der Waals surface area contributed by atoms with Crippen LogP contribution >= 0.6 is 23.1 Å². The van der Waals surface area contributed by atoms with E-state index < -0.39 is 0 Å². The van der Waals surface area contributed by atoms with E-state index in [0.29, 0.717) is 4.75 Å². The smallest absolute Gasteiger partial charge is 0.182 e. The Kier molecular flexibility index (Phi) is 4.93. The van der Waals surface area contributed by atoms with Crippen LogP contribution in [0.3, 0.4) is 0 Å². The van der Waals surface area contributed by atoms with Gasteiger partial charge in [0.15, 0.2) is 5.13 Å². The summed E-state index contributed by atoms with van der Waals surface area (Å²) < 4.78 is 0.334. The van der Waals surface area contributed by atoms with Crippen LogP contribution in [0, 0.1) is 0 Å². The fourth-order valence-electron chi connectivity index (χ4n) is 0.976. The van der Waals surface area contributed by atoms with Crippen LogP contribution in [0.1, 0.15) is 39.0 Å². The Morgan fingerprint density at radius 3 is 2.80 bits per heavy atom. The Morgan fingerprint density at radius 2 is 2.20 bits per heavy atom. The van der Waals surface area contributed by atoms with Crippen molar-refractivity contribution in [3.8, 4) is 0 Å². The maximum atomic E-state index is 4.35. The third-order valence-electron chi connectivity index (χ3n) is 1.73. The highest BCUT2D eigenvalue weighted by Gasteiger charge is 2.11. The van der Waals surface area contributed by atoms with Crippen LogP contribution < -0.4 is 5.32 Å². The molecular formula is C11H20N2S2. The quantitative estimate of drug-likeness (QED) is 0.847. The number of thiazole rings is 1. The highest BCUT2D eigenvalue weighted by molar-refractivity contribution is 7.99. The summed E-state index contributed by atoms with van der Waals surface area (Å²) in [6.45, 7) is 9.91. The molecule has 0 aliphatic carbocycles. The summed E-state index contributed by atoms with van der Waals surface area (Å²) in [5.41, 5.74) is 0. The zero-order valence-corrected chi connectivity index (χ0v) is 11.6. The second kappa shape index (κ2) is 5.75. The van der Waals surface area contributed by atoms with E-state index in [9.17, 15) is 0 Å². The summed E-state index contributed by atoms with van der Waals surface area (Å²) in [6.07, 6.45) is 3.13. The molecule has 1 aromatic rings. The SMILES string of the molecule is CCCNc1ncc(CSC(C)(C)C)s1. The number of nitrogens with zero attached hydrogens (tertiary/aromatic N) is 1. The number of aromatic nitrogens is 1. The number of anilines is 1. The highest BCUT2D eigenvalue weighted by atomic mass is 32.2. The minimum Gasteiger partial charge on any atom is -0.362 e. The van der Waals surface area contributed by atoms with E-state index in [1.807, 2.05) is 18.0 Å². The van der Waals surface area contributed by atoms with Gasteiger partial charge in [0.05, 0.1) is 0 Å². The van der Waals surface area contributed by atoms with Gasteiger partial charge in [0, 0.05) is 28.1 Å². The molecule has 4 heteroatoms. The second-order valence-corrected chi connectivity index (χ2v) is 7.38. The van der Waals surface area contributed by atoms with Gasteiger partial charge >= 0.3 is 0 Å². The summed E-state index contributed by atoms with van der Waals surface area (Å²) in [5.74, 6) is 1.06. The van der Waals surface area contributed by atoms with E-state index in [0.717, 1.165) is 23.8 Å². The largest absolute Gasteiger partial charge is 0.362 e. The van der Waals surface area contributed by atoms with E-state index in [1.54, 1.807) is 11.3 Å². The summed E-state index contributed by atoms with van der Waals surface area (Å²) in [4.78, 5) is 5.70. The molecule has 0 fully saturated rings. The molecule has 0 saturated heterocycles. The first-order valence-corrected chi connectivity index (χ1v) is 7.14. The van der Waals surface area contributed by atoms with E-state index in [1.165, 1.54) is 4.88 Å². The van der Waals surface area contributed by atoms with Gasteiger partial charge in [-0.25, -0.2) is 4.98 Å². The predicted octanol–water partition coefficient (Wildman–Crippen LogP) is 4.00. The van der Waals surface area contributed by atoms with Crippen molar-refractivity contribution >= 4 is 28.2 Å². The molecule has 0 atom stereocenters. The molecule has 0 unspecified atom stereocenters. The van der Waals surface area contributed by atoms with Crippen LogP contribution in [-0.4, -0.2) is 16.3 Å². The average molecular weight is 244 g/mol. The third-order valence-corrected chi connectivity index (χ3v) is 4.19. The summed E-state index contributed by atoms with van der Waals surface area (Å²) >= 11 is 3.74. The molecule has 1 heterocycles. The van der Waals surface area contributed by atoms with Gasteiger partial charge in [0.25, 0.3) is 0 Å². The lowest BCUT2D eigenvalue weighted by Crippen LogP contribution is -2.06. The van der Waals surface area contributed by atoms with Crippen molar-refractivity contribution in [1.29, 1.82) is 0 Å². The Labute approximate surface area is 101 Å². The van der Waals surface area contributed by atoms with Crippen LogP contribution in [0.2, 0.25) is 0 Å². The molecule has 0 aromatic carbocycles. The summed E-state index contributed by atoms with van der Waals surface area (Å²) in [7, 11) is 0. The molecule has 86 valence electrons. The van der Waals surface area contributed by atoms with Crippen molar-refractivity contribution in [3.63, 3.8) is 0 Å². The fraction of sp³-hybridized carbons (Fsp3) is 0.727. The molecule has 2 nitrogen and oxygen atoms in total. The number of rotatable bonds is 5. The van der Waals surface area contributed by atoms with Gasteiger partial charge in [0.2, 0.25) is 0 Å². The van der Waals surface area contributed by atoms with Crippen molar-refractivity contribution in [3.05, 3.63) is 11.1 Å². The molecule has 0 radical (unpaired) electrons. The van der Waals surface area contributed by atoms with Gasteiger partial charge in [-0.1, -0.05) is 27.7 Å².